The normalized spacial score (nSPS) is 13.9. The molecule has 1 aromatic rings. The maximum Gasteiger partial charge on any atom is 0.243 e. The van der Waals surface area contributed by atoms with Crippen molar-refractivity contribution in [2.24, 2.45) is 17.6 Å². The standard InChI is InChI=1S/C23H36N4O4/c1-14(2)11-18(21(24)29)26-23(31)20(13-17-9-7-6-8-10-17)27-22(30)19(12-15(3)4)25-16(5)28/h6-10,14-15,18-20H,11-13H2,1-5H3,(H2,24,29)(H,25,28)(H,26,31)(H,27,30)/t18-,19-,20-/m0/s1. The Labute approximate surface area is 184 Å². The molecule has 1 aromatic carbocycles. The van der Waals surface area contributed by atoms with Gasteiger partial charge in [-0.25, -0.2) is 0 Å². The third kappa shape index (κ3) is 10.1. The number of benzene rings is 1. The van der Waals surface area contributed by atoms with Crippen LogP contribution in [0.4, 0.5) is 0 Å². The second-order valence-corrected chi connectivity index (χ2v) is 8.73. The molecule has 4 amide bonds. The Morgan fingerprint density at radius 1 is 0.774 bits per heavy atom. The van der Waals surface area contributed by atoms with E-state index in [4.69, 9.17) is 5.73 Å². The molecule has 0 fully saturated rings. The summed E-state index contributed by atoms with van der Waals surface area (Å²) >= 11 is 0. The molecule has 0 heterocycles. The molecule has 0 radical (unpaired) electrons. The second-order valence-electron chi connectivity index (χ2n) is 8.73. The van der Waals surface area contributed by atoms with E-state index in [1.807, 2.05) is 58.0 Å². The number of nitrogens with one attached hydrogen (secondary N) is 3. The Kier molecular flexibility index (Phi) is 10.7. The van der Waals surface area contributed by atoms with Gasteiger partial charge in [-0.1, -0.05) is 58.0 Å². The third-order valence-electron chi connectivity index (χ3n) is 4.68. The van der Waals surface area contributed by atoms with Gasteiger partial charge in [0.05, 0.1) is 0 Å². The summed E-state index contributed by atoms with van der Waals surface area (Å²) in [7, 11) is 0. The van der Waals surface area contributed by atoms with E-state index in [-0.39, 0.29) is 24.2 Å². The second kappa shape index (κ2) is 12.7. The highest BCUT2D eigenvalue weighted by molar-refractivity contribution is 5.94. The lowest BCUT2D eigenvalue weighted by Crippen LogP contribution is -2.57. The van der Waals surface area contributed by atoms with Gasteiger partial charge >= 0.3 is 0 Å². The van der Waals surface area contributed by atoms with Crippen LogP contribution in [0.15, 0.2) is 30.3 Å². The van der Waals surface area contributed by atoms with Gasteiger partial charge < -0.3 is 21.7 Å². The van der Waals surface area contributed by atoms with Crippen LogP contribution >= 0.6 is 0 Å². The Bertz CT molecular complexity index is 749. The minimum absolute atomic E-state index is 0.148. The number of hydrogen-bond donors (Lipinski definition) is 4. The Balaban J connectivity index is 3.06. The molecular weight excluding hydrogens is 396 g/mol. The lowest BCUT2D eigenvalue weighted by atomic mass is 10.00. The predicted octanol–water partition coefficient (Wildman–Crippen LogP) is 1.28. The van der Waals surface area contributed by atoms with E-state index in [1.165, 1.54) is 6.92 Å². The van der Waals surface area contributed by atoms with Crippen LogP contribution in [0.3, 0.4) is 0 Å². The van der Waals surface area contributed by atoms with Crippen molar-refractivity contribution in [3.8, 4) is 0 Å². The van der Waals surface area contributed by atoms with Crippen molar-refractivity contribution in [1.29, 1.82) is 0 Å². The van der Waals surface area contributed by atoms with E-state index >= 15 is 0 Å². The van der Waals surface area contributed by atoms with Crippen LogP contribution in [0.5, 0.6) is 0 Å². The fourth-order valence-electron chi connectivity index (χ4n) is 3.27. The van der Waals surface area contributed by atoms with Crippen LogP contribution in [-0.2, 0) is 25.6 Å². The Morgan fingerprint density at radius 2 is 1.26 bits per heavy atom. The molecule has 0 aliphatic rings. The third-order valence-corrected chi connectivity index (χ3v) is 4.68. The van der Waals surface area contributed by atoms with Crippen molar-refractivity contribution in [3.63, 3.8) is 0 Å². The van der Waals surface area contributed by atoms with Gasteiger partial charge in [-0.15, -0.1) is 0 Å². The zero-order chi connectivity index (χ0) is 23.6. The lowest BCUT2D eigenvalue weighted by Gasteiger charge is -2.26. The molecule has 0 spiro atoms. The van der Waals surface area contributed by atoms with Gasteiger partial charge in [0.2, 0.25) is 23.6 Å². The van der Waals surface area contributed by atoms with Crippen molar-refractivity contribution < 1.29 is 19.2 Å². The van der Waals surface area contributed by atoms with Crippen molar-refractivity contribution in [1.82, 2.24) is 16.0 Å². The number of carbonyl (C=O) groups is 4. The molecule has 0 saturated heterocycles. The minimum atomic E-state index is -0.924. The molecule has 0 bridgehead atoms. The van der Waals surface area contributed by atoms with Gasteiger partial charge in [-0.2, -0.15) is 0 Å². The first-order chi connectivity index (χ1) is 14.5. The zero-order valence-electron chi connectivity index (χ0n) is 19.1. The topological polar surface area (TPSA) is 130 Å². The first-order valence-electron chi connectivity index (χ1n) is 10.7. The monoisotopic (exact) mass is 432 g/mol. The van der Waals surface area contributed by atoms with Crippen molar-refractivity contribution in [3.05, 3.63) is 35.9 Å². The highest BCUT2D eigenvalue weighted by atomic mass is 16.2. The van der Waals surface area contributed by atoms with Crippen LogP contribution in [0.2, 0.25) is 0 Å². The van der Waals surface area contributed by atoms with Gasteiger partial charge in [0.25, 0.3) is 0 Å². The van der Waals surface area contributed by atoms with Gasteiger partial charge in [-0.05, 0) is 30.2 Å². The van der Waals surface area contributed by atoms with Gasteiger partial charge in [-0.3, -0.25) is 19.2 Å². The fraction of sp³-hybridized carbons (Fsp3) is 0.565. The van der Waals surface area contributed by atoms with Crippen molar-refractivity contribution >= 4 is 23.6 Å². The Hall–Kier alpha value is -2.90. The summed E-state index contributed by atoms with van der Waals surface area (Å²) in [5.74, 6) is -1.57. The molecule has 8 nitrogen and oxygen atoms in total. The maximum atomic E-state index is 13.0. The van der Waals surface area contributed by atoms with Crippen molar-refractivity contribution in [2.45, 2.75) is 72.0 Å². The fourth-order valence-corrected chi connectivity index (χ4v) is 3.27. The first-order valence-corrected chi connectivity index (χ1v) is 10.7. The van der Waals surface area contributed by atoms with E-state index in [9.17, 15) is 19.2 Å². The first kappa shape index (κ1) is 26.1. The molecule has 31 heavy (non-hydrogen) atoms. The highest BCUT2D eigenvalue weighted by Gasteiger charge is 2.29. The molecular formula is C23H36N4O4. The van der Waals surface area contributed by atoms with Crippen LogP contribution in [0.1, 0.15) is 53.0 Å². The van der Waals surface area contributed by atoms with E-state index < -0.39 is 35.8 Å². The molecule has 0 aliphatic carbocycles. The van der Waals surface area contributed by atoms with Gasteiger partial charge in [0, 0.05) is 13.3 Å². The minimum Gasteiger partial charge on any atom is -0.368 e. The maximum absolute atomic E-state index is 13.0. The summed E-state index contributed by atoms with van der Waals surface area (Å²) in [6.45, 7) is 9.09. The Morgan fingerprint density at radius 3 is 1.74 bits per heavy atom. The SMILES string of the molecule is CC(=O)N[C@@H](CC(C)C)C(=O)N[C@@H](Cc1ccccc1)C(=O)N[C@@H](CC(C)C)C(N)=O. The summed E-state index contributed by atoms with van der Waals surface area (Å²) in [6.07, 6.45) is 1.07. The van der Waals surface area contributed by atoms with E-state index in [1.54, 1.807) is 0 Å². The summed E-state index contributed by atoms with van der Waals surface area (Å²) in [4.78, 5) is 49.3. The molecule has 0 aromatic heterocycles. The molecule has 0 saturated carbocycles. The average molecular weight is 433 g/mol. The van der Waals surface area contributed by atoms with E-state index in [2.05, 4.69) is 16.0 Å². The van der Waals surface area contributed by atoms with Crippen LogP contribution < -0.4 is 21.7 Å². The van der Waals surface area contributed by atoms with Crippen LogP contribution in [0.25, 0.3) is 0 Å². The smallest absolute Gasteiger partial charge is 0.243 e. The molecule has 8 heteroatoms. The summed E-state index contributed by atoms with van der Waals surface area (Å²) in [6, 6.07) is 6.74. The summed E-state index contributed by atoms with van der Waals surface area (Å²) in [5.41, 5.74) is 6.31. The number of amides is 4. The number of nitrogens with two attached hydrogens (primary N) is 1. The zero-order valence-corrected chi connectivity index (χ0v) is 19.1. The largest absolute Gasteiger partial charge is 0.368 e. The number of primary amides is 1. The highest BCUT2D eigenvalue weighted by Crippen LogP contribution is 2.09. The van der Waals surface area contributed by atoms with Crippen LogP contribution in [-0.4, -0.2) is 41.8 Å². The molecule has 3 atom stereocenters. The number of rotatable bonds is 12. The predicted molar refractivity (Wildman–Crippen MR) is 120 cm³/mol. The van der Waals surface area contributed by atoms with E-state index in [0.717, 1.165) is 5.56 Å². The summed E-state index contributed by atoms with van der Waals surface area (Å²) in [5, 5.41) is 8.08. The number of hydrogen-bond acceptors (Lipinski definition) is 4. The molecule has 1 rings (SSSR count). The summed E-state index contributed by atoms with van der Waals surface area (Å²) < 4.78 is 0. The lowest BCUT2D eigenvalue weighted by molar-refractivity contribution is -0.133. The van der Waals surface area contributed by atoms with Gasteiger partial charge in [0.1, 0.15) is 18.1 Å². The average Bonchev–Trinajstić information content (AvgIpc) is 2.65. The molecule has 0 unspecified atom stereocenters. The van der Waals surface area contributed by atoms with Crippen molar-refractivity contribution in [2.75, 3.05) is 0 Å². The molecule has 0 aliphatic heterocycles. The molecule has 172 valence electrons. The van der Waals surface area contributed by atoms with E-state index in [0.29, 0.717) is 12.8 Å². The molecule has 5 N–H and O–H groups in total. The van der Waals surface area contributed by atoms with Crippen LogP contribution in [0, 0.1) is 11.8 Å². The quantitative estimate of drug-likeness (QED) is 0.396. The van der Waals surface area contributed by atoms with Gasteiger partial charge in [0.15, 0.2) is 0 Å². The number of carbonyl (C=O) groups excluding carboxylic acids is 4.